The molecule has 0 amide bonds. The summed E-state index contributed by atoms with van der Waals surface area (Å²) in [5, 5.41) is 0.727. The molecule has 84 valence electrons. The molecule has 1 aliphatic carbocycles. The van der Waals surface area contributed by atoms with Crippen LogP contribution in [0.2, 0.25) is 5.02 Å². The fraction of sp³-hybridized carbons (Fsp3) is 0.357. The van der Waals surface area contributed by atoms with Gasteiger partial charge in [-0.1, -0.05) is 30.7 Å². The zero-order chi connectivity index (χ0) is 11.5. The summed E-state index contributed by atoms with van der Waals surface area (Å²) in [5.74, 6) is 0.921. The number of carbonyl (C=O) groups is 1. The van der Waals surface area contributed by atoms with Crippen LogP contribution in [0.5, 0.6) is 0 Å². The van der Waals surface area contributed by atoms with Crippen molar-refractivity contribution in [2.45, 2.75) is 26.2 Å². The van der Waals surface area contributed by atoms with Gasteiger partial charge >= 0.3 is 0 Å². The highest BCUT2D eigenvalue weighted by Gasteiger charge is 2.19. The second-order valence-corrected chi connectivity index (χ2v) is 4.93. The highest BCUT2D eigenvalue weighted by atomic mass is 35.5. The second-order valence-electron chi connectivity index (χ2n) is 4.49. The predicted molar refractivity (Wildman–Crippen MR) is 67.5 cm³/mol. The molecular weight excluding hydrogens is 220 g/mol. The van der Waals surface area contributed by atoms with Crippen LogP contribution in [0.1, 0.15) is 31.7 Å². The van der Waals surface area contributed by atoms with Crippen molar-refractivity contribution in [3.05, 3.63) is 40.4 Å². The van der Waals surface area contributed by atoms with Crippen LogP contribution in [0.3, 0.4) is 0 Å². The number of allylic oxidation sites excluding steroid dienone is 1. The lowest BCUT2D eigenvalue weighted by Crippen LogP contribution is -2.14. The molecule has 0 aromatic heterocycles. The molecule has 1 unspecified atom stereocenters. The number of hydrogen-bond acceptors (Lipinski definition) is 1. The number of ketones is 1. The second kappa shape index (κ2) is 4.84. The van der Waals surface area contributed by atoms with Gasteiger partial charge in [-0.3, -0.25) is 4.79 Å². The fourth-order valence-electron chi connectivity index (χ4n) is 2.03. The van der Waals surface area contributed by atoms with E-state index in [-0.39, 0.29) is 0 Å². The first-order chi connectivity index (χ1) is 7.65. The highest BCUT2D eigenvalue weighted by molar-refractivity contribution is 6.30. The van der Waals surface area contributed by atoms with E-state index in [9.17, 15) is 4.79 Å². The van der Waals surface area contributed by atoms with Crippen LogP contribution in [0.4, 0.5) is 0 Å². The number of rotatable bonds is 1. The monoisotopic (exact) mass is 234 g/mol. The molecule has 0 heterocycles. The zero-order valence-electron chi connectivity index (χ0n) is 9.37. The third-order valence-electron chi connectivity index (χ3n) is 3.00. The molecule has 0 saturated heterocycles. The number of Topliss-reactive ketones (excluding diaryl/α,β-unsaturated/α-hetero) is 1. The summed E-state index contributed by atoms with van der Waals surface area (Å²) >= 11 is 5.82. The summed E-state index contributed by atoms with van der Waals surface area (Å²) in [7, 11) is 0. The number of halogens is 1. The van der Waals surface area contributed by atoms with Gasteiger partial charge in [-0.15, -0.1) is 0 Å². The van der Waals surface area contributed by atoms with E-state index < -0.39 is 0 Å². The van der Waals surface area contributed by atoms with Gasteiger partial charge in [0.25, 0.3) is 0 Å². The molecule has 0 bridgehead atoms. The van der Waals surface area contributed by atoms with E-state index >= 15 is 0 Å². The Kier molecular flexibility index (Phi) is 3.45. The Bertz CT molecular complexity index is 417. The standard InChI is InChI=1S/C14H15ClO/c1-10-2-7-14(16)12(8-10)9-11-3-5-13(15)6-4-11/h3-6,9-10H,2,7-8H2,1H3/b12-9-. The minimum absolute atomic E-state index is 0.299. The van der Waals surface area contributed by atoms with Crippen molar-refractivity contribution in [2.75, 3.05) is 0 Å². The maximum atomic E-state index is 11.7. The van der Waals surface area contributed by atoms with Gasteiger partial charge in [-0.25, -0.2) is 0 Å². The molecule has 0 aliphatic heterocycles. The third kappa shape index (κ3) is 2.73. The normalized spacial score (nSPS) is 23.8. The molecule has 1 aromatic carbocycles. The Labute approximate surface area is 101 Å². The summed E-state index contributed by atoms with van der Waals surface area (Å²) in [6, 6.07) is 7.60. The molecule has 1 atom stereocenters. The Balaban J connectivity index is 2.22. The molecule has 1 aromatic rings. The lowest BCUT2D eigenvalue weighted by molar-refractivity contribution is -0.116. The first kappa shape index (κ1) is 11.4. The van der Waals surface area contributed by atoms with E-state index in [0.29, 0.717) is 18.1 Å². The molecule has 0 radical (unpaired) electrons. The van der Waals surface area contributed by atoms with E-state index in [2.05, 4.69) is 6.92 Å². The van der Waals surface area contributed by atoms with E-state index in [4.69, 9.17) is 11.6 Å². The molecule has 1 fully saturated rings. The Morgan fingerprint density at radius 1 is 1.31 bits per heavy atom. The molecule has 16 heavy (non-hydrogen) atoms. The Morgan fingerprint density at radius 2 is 2.00 bits per heavy atom. The van der Waals surface area contributed by atoms with Crippen molar-refractivity contribution in [3.63, 3.8) is 0 Å². The van der Waals surface area contributed by atoms with Gasteiger partial charge in [-0.2, -0.15) is 0 Å². The smallest absolute Gasteiger partial charge is 0.158 e. The largest absolute Gasteiger partial charge is 0.295 e. The molecule has 2 heteroatoms. The van der Waals surface area contributed by atoms with Crippen molar-refractivity contribution < 1.29 is 4.79 Å². The molecule has 2 rings (SSSR count). The Hall–Kier alpha value is -1.08. The lowest BCUT2D eigenvalue weighted by atomic mass is 9.85. The molecule has 0 spiro atoms. The topological polar surface area (TPSA) is 17.1 Å². The first-order valence-electron chi connectivity index (χ1n) is 5.64. The summed E-state index contributed by atoms with van der Waals surface area (Å²) in [6.45, 7) is 2.20. The van der Waals surface area contributed by atoms with Crippen molar-refractivity contribution in [1.82, 2.24) is 0 Å². The predicted octanol–water partition coefficient (Wildman–Crippen LogP) is 4.11. The zero-order valence-corrected chi connectivity index (χ0v) is 10.1. The highest BCUT2D eigenvalue weighted by Crippen LogP contribution is 2.27. The molecule has 0 N–H and O–H groups in total. The average molecular weight is 235 g/mol. The summed E-state index contributed by atoms with van der Waals surface area (Å²) in [5.41, 5.74) is 2.02. The van der Waals surface area contributed by atoms with Gasteiger partial charge in [0.1, 0.15) is 0 Å². The number of benzene rings is 1. The summed E-state index contributed by atoms with van der Waals surface area (Å²) in [6.07, 6.45) is 4.62. The van der Waals surface area contributed by atoms with Crippen LogP contribution < -0.4 is 0 Å². The van der Waals surface area contributed by atoms with Crippen LogP contribution in [0.25, 0.3) is 6.08 Å². The SMILES string of the molecule is CC1CCC(=O)/C(=C\c2ccc(Cl)cc2)C1. The van der Waals surface area contributed by atoms with Gasteiger partial charge in [0.15, 0.2) is 5.78 Å². The maximum Gasteiger partial charge on any atom is 0.158 e. The van der Waals surface area contributed by atoms with E-state index in [1.165, 1.54) is 0 Å². The van der Waals surface area contributed by atoms with Crippen LogP contribution in [0.15, 0.2) is 29.8 Å². The lowest BCUT2D eigenvalue weighted by Gasteiger charge is -2.19. The van der Waals surface area contributed by atoms with Gasteiger partial charge in [-0.05, 0) is 48.1 Å². The summed E-state index contributed by atoms with van der Waals surface area (Å²) < 4.78 is 0. The average Bonchev–Trinajstić information content (AvgIpc) is 2.27. The third-order valence-corrected chi connectivity index (χ3v) is 3.25. The van der Waals surface area contributed by atoms with Crippen molar-refractivity contribution in [3.8, 4) is 0 Å². The van der Waals surface area contributed by atoms with E-state index in [1.54, 1.807) is 0 Å². The molecular formula is C14H15ClO. The van der Waals surface area contributed by atoms with E-state index in [0.717, 1.165) is 29.0 Å². The first-order valence-corrected chi connectivity index (χ1v) is 6.02. The molecule has 1 nitrogen and oxygen atoms in total. The van der Waals surface area contributed by atoms with Gasteiger partial charge < -0.3 is 0 Å². The minimum atomic E-state index is 0.299. The van der Waals surface area contributed by atoms with Crippen LogP contribution in [0, 0.1) is 5.92 Å². The maximum absolute atomic E-state index is 11.7. The molecule has 1 saturated carbocycles. The van der Waals surface area contributed by atoms with Gasteiger partial charge in [0.2, 0.25) is 0 Å². The number of hydrogen-bond donors (Lipinski definition) is 0. The van der Waals surface area contributed by atoms with Gasteiger partial charge in [0, 0.05) is 11.4 Å². The van der Waals surface area contributed by atoms with Crippen LogP contribution in [-0.2, 0) is 4.79 Å². The number of carbonyl (C=O) groups excluding carboxylic acids is 1. The van der Waals surface area contributed by atoms with Crippen LogP contribution >= 0.6 is 11.6 Å². The van der Waals surface area contributed by atoms with E-state index in [1.807, 2.05) is 30.3 Å². The fourth-order valence-corrected chi connectivity index (χ4v) is 2.15. The minimum Gasteiger partial charge on any atom is -0.295 e. The van der Waals surface area contributed by atoms with Crippen molar-refractivity contribution in [2.24, 2.45) is 5.92 Å². The Morgan fingerprint density at radius 3 is 2.69 bits per heavy atom. The van der Waals surface area contributed by atoms with Crippen LogP contribution in [-0.4, -0.2) is 5.78 Å². The molecule has 1 aliphatic rings. The quantitative estimate of drug-likeness (QED) is 0.669. The van der Waals surface area contributed by atoms with Crippen molar-refractivity contribution in [1.29, 1.82) is 0 Å². The summed E-state index contributed by atoms with van der Waals surface area (Å²) in [4.78, 5) is 11.7. The van der Waals surface area contributed by atoms with Gasteiger partial charge in [0.05, 0.1) is 0 Å². The van der Waals surface area contributed by atoms with Crippen molar-refractivity contribution >= 4 is 23.5 Å².